The Morgan fingerprint density at radius 3 is 2.50 bits per heavy atom. The summed E-state index contributed by atoms with van der Waals surface area (Å²) in [6.45, 7) is 4.58. The summed E-state index contributed by atoms with van der Waals surface area (Å²) in [6, 6.07) is 0.427. The molecule has 3 nitrogen and oxygen atoms in total. The third-order valence-corrected chi connectivity index (χ3v) is 3.55. The Hall–Kier alpha value is -1.19. The fourth-order valence-corrected chi connectivity index (χ4v) is 2.25. The van der Waals surface area contributed by atoms with Gasteiger partial charge >= 0.3 is 0 Å². The average molecular weight is 223 g/mol. The lowest BCUT2D eigenvalue weighted by atomic mass is 9.79. The van der Waals surface area contributed by atoms with Gasteiger partial charge in [-0.25, -0.2) is 14.4 Å². The molecule has 0 bridgehead atoms. The number of nitrogens with one attached hydrogen (secondary N) is 1. The molecule has 0 amide bonds. The maximum Gasteiger partial charge on any atom is 0.222 e. The van der Waals surface area contributed by atoms with Crippen molar-refractivity contribution in [2.45, 2.75) is 39.2 Å². The monoisotopic (exact) mass is 223 g/mol. The first-order valence-electron chi connectivity index (χ1n) is 5.89. The summed E-state index contributed by atoms with van der Waals surface area (Å²) in [6.07, 6.45) is 5.92. The summed E-state index contributed by atoms with van der Waals surface area (Å²) in [5, 5.41) is 3.27. The standard InChI is InChI=1S/C12H18FN3/c1-8-3-4-11(5-9(8)2)16-12-14-6-10(13)7-15-12/h6-9,11H,3-5H2,1-2H3,(H,14,15,16). The molecular weight excluding hydrogens is 205 g/mol. The number of halogens is 1. The Kier molecular flexibility index (Phi) is 3.36. The minimum absolute atomic E-state index is 0.392. The van der Waals surface area contributed by atoms with Crippen molar-refractivity contribution in [3.63, 3.8) is 0 Å². The van der Waals surface area contributed by atoms with Crippen LogP contribution in [0.5, 0.6) is 0 Å². The molecule has 2 rings (SSSR count). The van der Waals surface area contributed by atoms with Gasteiger partial charge in [0.2, 0.25) is 5.95 Å². The molecule has 0 aromatic carbocycles. The van der Waals surface area contributed by atoms with E-state index in [1.807, 2.05) is 0 Å². The molecule has 1 aliphatic carbocycles. The molecule has 1 fully saturated rings. The lowest BCUT2D eigenvalue weighted by molar-refractivity contribution is 0.260. The average Bonchev–Trinajstić information content (AvgIpc) is 2.27. The fraction of sp³-hybridized carbons (Fsp3) is 0.667. The highest BCUT2D eigenvalue weighted by atomic mass is 19.1. The lowest BCUT2D eigenvalue weighted by Crippen LogP contribution is -2.30. The van der Waals surface area contributed by atoms with E-state index in [1.54, 1.807) is 0 Å². The van der Waals surface area contributed by atoms with Crippen molar-refractivity contribution >= 4 is 5.95 Å². The molecule has 0 radical (unpaired) electrons. The highest BCUT2D eigenvalue weighted by molar-refractivity contribution is 5.24. The van der Waals surface area contributed by atoms with Crippen LogP contribution < -0.4 is 5.32 Å². The number of hydrogen-bond donors (Lipinski definition) is 1. The summed E-state index contributed by atoms with van der Waals surface area (Å²) in [5.74, 6) is 1.67. The number of anilines is 1. The number of hydrogen-bond acceptors (Lipinski definition) is 3. The minimum Gasteiger partial charge on any atom is -0.351 e. The first-order chi connectivity index (χ1) is 7.65. The van der Waals surface area contributed by atoms with Crippen molar-refractivity contribution < 1.29 is 4.39 Å². The summed E-state index contributed by atoms with van der Waals surface area (Å²) < 4.78 is 12.6. The largest absolute Gasteiger partial charge is 0.351 e. The van der Waals surface area contributed by atoms with E-state index in [2.05, 4.69) is 29.1 Å². The van der Waals surface area contributed by atoms with Gasteiger partial charge in [0, 0.05) is 6.04 Å². The van der Waals surface area contributed by atoms with Crippen molar-refractivity contribution in [2.24, 2.45) is 11.8 Å². The molecule has 0 aliphatic heterocycles. The van der Waals surface area contributed by atoms with Crippen LogP contribution in [-0.2, 0) is 0 Å². The van der Waals surface area contributed by atoms with Crippen LogP contribution in [0.4, 0.5) is 10.3 Å². The summed E-state index contributed by atoms with van der Waals surface area (Å²) in [7, 11) is 0. The van der Waals surface area contributed by atoms with Crippen LogP contribution in [0, 0.1) is 17.7 Å². The minimum atomic E-state index is -0.392. The number of rotatable bonds is 2. The van der Waals surface area contributed by atoms with Crippen LogP contribution >= 0.6 is 0 Å². The second-order valence-corrected chi connectivity index (χ2v) is 4.83. The highest BCUT2D eigenvalue weighted by Gasteiger charge is 2.24. The zero-order valence-corrected chi connectivity index (χ0v) is 9.78. The van der Waals surface area contributed by atoms with E-state index >= 15 is 0 Å². The molecule has 0 spiro atoms. The van der Waals surface area contributed by atoms with Crippen LogP contribution in [0.2, 0.25) is 0 Å². The normalized spacial score (nSPS) is 30.1. The molecule has 4 heteroatoms. The van der Waals surface area contributed by atoms with Crippen LogP contribution in [0.1, 0.15) is 33.1 Å². The zero-order valence-electron chi connectivity index (χ0n) is 9.78. The Morgan fingerprint density at radius 2 is 1.88 bits per heavy atom. The highest BCUT2D eigenvalue weighted by Crippen LogP contribution is 2.30. The van der Waals surface area contributed by atoms with Crippen LogP contribution in [-0.4, -0.2) is 16.0 Å². The van der Waals surface area contributed by atoms with Gasteiger partial charge in [-0.3, -0.25) is 0 Å². The van der Waals surface area contributed by atoms with Gasteiger partial charge in [-0.05, 0) is 31.1 Å². The van der Waals surface area contributed by atoms with Crippen molar-refractivity contribution in [2.75, 3.05) is 5.32 Å². The predicted octanol–water partition coefficient (Wildman–Crippen LogP) is 2.85. The van der Waals surface area contributed by atoms with Gasteiger partial charge in [-0.15, -0.1) is 0 Å². The molecule has 1 aromatic rings. The molecule has 0 saturated heterocycles. The Labute approximate surface area is 95.5 Å². The second-order valence-electron chi connectivity index (χ2n) is 4.83. The maximum absolute atomic E-state index is 12.6. The Bertz CT molecular complexity index is 339. The topological polar surface area (TPSA) is 37.8 Å². The zero-order chi connectivity index (χ0) is 11.5. The molecule has 16 heavy (non-hydrogen) atoms. The first kappa shape index (κ1) is 11.3. The molecule has 1 N–H and O–H groups in total. The molecule has 1 heterocycles. The smallest absolute Gasteiger partial charge is 0.222 e. The molecule has 1 aromatic heterocycles. The van der Waals surface area contributed by atoms with E-state index in [0.717, 1.165) is 24.7 Å². The van der Waals surface area contributed by atoms with Gasteiger partial charge in [0.25, 0.3) is 0 Å². The molecule has 3 atom stereocenters. The van der Waals surface area contributed by atoms with Gasteiger partial charge in [0.15, 0.2) is 5.82 Å². The molecule has 3 unspecified atom stereocenters. The van der Waals surface area contributed by atoms with Gasteiger partial charge in [0.05, 0.1) is 12.4 Å². The number of nitrogens with zero attached hydrogens (tertiary/aromatic N) is 2. The summed E-state index contributed by atoms with van der Waals surface area (Å²) in [5.41, 5.74) is 0. The van der Waals surface area contributed by atoms with Gasteiger partial charge in [-0.1, -0.05) is 13.8 Å². The van der Waals surface area contributed by atoms with E-state index in [9.17, 15) is 4.39 Å². The Balaban J connectivity index is 1.93. The molecule has 1 saturated carbocycles. The predicted molar refractivity (Wildman–Crippen MR) is 61.6 cm³/mol. The van der Waals surface area contributed by atoms with E-state index < -0.39 is 5.82 Å². The van der Waals surface area contributed by atoms with Crippen LogP contribution in [0.3, 0.4) is 0 Å². The van der Waals surface area contributed by atoms with Gasteiger partial charge in [-0.2, -0.15) is 0 Å². The van der Waals surface area contributed by atoms with Crippen molar-refractivity contribution in [3.05, 3.63) is 18.2 Å². The van der Waals surface area contributed by atoms with E-state index in [-0.39, 0.29) is 0 Å². The van der Waals surface area contributed by atoms with Crippen LogP contribution in [0.25, 0.3) is 0 Å². The molecule has 88 valence electrons. The number of aromatic nitrogens is 2. The summed E-state index contributed by atoms with van der Waals surface area (Å²) in [4.78, 5) is 7.84. The van der Waals surface area contributed by atoms with Crippen molar-refractivity contribution in [1.29, 1.82) is 0 Å². The SMILES string of the molecule is CC1CCC(Nc2ncc(F)cn2)CC1C. The van der Waals surface area contributed by atoms with E-state index in [0.29, 0.717) is 12.0 Å². The van der Waals surface area contributed by atoms with Gasteiger partial charge in [0.1, 0.15) is 0 Å². The fourth-order valence-electron chi connectivity index (χ4n) is 2.25. The quantitative estimate of drug-likeness (QED) is 0.837. The Morgan fingerprint density at radius 1 is 1.19 bits per heavy atom. The van der Waals surface area contributed by atoms with Crippen molar-refractivity contribution in [1.82, 2.24) is 9.97 Å². The van der Waals surface area contributed by atoms with E-state index in [1.165, 1.54) is 18.8 Å². The van der Waals surface area contributed by atoms with Gasteiger partial charge < -0.3 is 5.32 Å². The van der Waals surface area contributed by atoms with E-state index in [4.69, 9.17) is 0 Å². The molecule has 1 aliphatic rings. The third kappa shape index (κ3) is 2.68. The molecular formula is C12H18FN3. The maximum atomic E-state index is 12.6. The lowest BCUT2D eigenvalue weighted by Gasteiger charge is -2.32. The second kappa shape index (κ2) is 4.76. The first-order valence-corrected chi connectivity index (χ1v) is 5.89. The summed E-state index contributed by atoms with van der Waals surface area (Å²) >= 11 is 0. The van der Waals surface area contributed by atoms with Crippen molar-refractivity contribution in [3.8, 4) is 0 Å². The third-order valence-electron chi connectivity index (χ3n) is 3.55. The van der Waals surface area contributed by atoms with Crippen LogP contribution in [0.15, 0.2) is 12.4 Å².